The Labute approximate surface area is 202 Å². The number of hydrogen-bond acceptors (Lipinski definition) is 5. The molecule has 34 heavy (non-hydrogen) atoms. The van der Waals surface area contributed by atoms with E-state index in [0.29, 0.717) is 12.0 Å². The van der Waals surface area contributed by atoms with Crippen molar-refractivity contribution in [1.82, 2.24) is 15.5 Å². The van der Waals surface area contributed by atoms with Crippen LogP contribution < -0.4 is 16.4 Å². The van der Waals surface area contributed by atoms with Crippen LogP contribution in [0, 0.1) is 6.92 Å². The zero-order valence-corrected chi connectivity index (χ0v) is 21.4. The SMILES string of the molecule is CCCN(C(=O)C(CCC(N)=O)NC(=O)OC(C)(C)C)C(C(=O)NC(C)C)c1cccc(C)c1. The number of nitrogens with two attached hydrogens (primary N) is 1. The highest BCUT2D eigenvalue weighted by Crippen LogP contribution is 2.25. The third-order valence-electron chi connectivity index (χ3n) is 4.76. The molecule has 190 valence electrons. The molecule has 0 saturated heterocycles. The molecule has 1 aromatic carbocycles. The van der Waals surface area contributed by atoms with E-state index in [1.165, 1.54) is 4.90 Å². The molecule has 0 fully saturated rings. The number of carbonyl (C=O) groups excluding carboxylic acids is 4. The van der Waals surface area contributed by atoms with Gasteiger partial charge in [0.2, 0.25) is 17.7 Å². The third-order valence-corrected chi connectivity index (χ3v) is 4.76. The molecule has 0 bridgehead atoms. The Bertz CT molecular complexity index is 863. The minimum atomic E-state index is -1.09. The van der Waals surface area contributed by atoms with Crippen molar-refractivity contribution in [3.8, 4) is 0 Å². The minimum Gasteiger partial charge on any atom is -0.444 e. The van der Waals surface area contributed by atoms with E-state index in [2.05, 4.69) is 10.6 Å². The molecule has 2 unspecified atom stereocenters. The highest BCUT2D eigenvalue weighted by molar-refractivity contribution is 5.92. The molecule has 4 N–H and O–H groups in total. The highest BCUT2D eigenvalue weighted by Gasteiger charge is 2.36. The summed E-state index contributed by atoms with van der Waals surface area (Å²) in [6, 6.07) is 5.27. The Hall–Kier alpha value is -3.10. The third kappa shape index (κ3) is 9.80. The van der Waals surface area contributed by atoms with E-state index in [0.717, 1.165) is 5.56 Å². The number of rotatable bonds is 11. The molecule has 0 radical (unpaired) electrons. The molecule has 1 aromatic rings. The van der Waals surface area contributed by atoms with Gasteiger partial charge >= 0.3 is 6.09 Å². The lowest BCUT2D eigenvalue weighted by Crippen LogP contribution is -2.53. The first kappa shape index (κ1) is 28.9. The van der Waals surface area contributed by atoms with Crippen LogP contribution in [0.1, 0.15) is 78.0 Å². The molecule has 0 heterocycles. The number of ether oxygens (including phenoxy) is 1. The van der Waals surface area contributed by atoms with Crippen LogP contribution in [0.2, 0.25) is 0 Å². The first-order chi connectivity index (χ1) is 15.7. The van der Waals surface area contributed by atoms with Gasteiger partial charge in [-0.15, -0.1) is 0 Å². The first-order valence-electron chi connectivity index (χ1n) is 11.7. The van der Waals surface area contributed by atoms with E-state index in [1.54, 1.807) is 26.8 Å². The van der Waals surface area contributed by atoms with Crippen molar-refractivity contribution in [2.45, 2.75) is 91.5 Å². The number of primary amides is 1. The summed E-state index contributed by atoms with van der Waals surface area (Å²) in [6.45, 7) is 12.9. The number of alkyl carbamates (subject to hydrolysis) is 1. The molecule has 4 amide bonds. The van der Waals surface area contributed by atoms with Gasteiger partial charge in [0.25, 0.3) is 0 Å². The molecule has 0 spiro atoms. The Morgan fingerprint density at radius 2 is 1.76 bits per heavy atom. The molecule has 0 aromatic heterocycles. The fourth-order valence-electron chi connectivity index (χ4n) is 3.48. The van der Waals surface area contributed by atoms with E-state index in [1.807, 2.05) is 45.9 Å². The summed E-state index contributed by atoms with van der Waals surface area (Å²) in [6.07, 6.45) is -0.331. The van der Waals surface area contributed by atoms with E-state index in [4.69, 9.17) is 10.5 Å². The standard InChI is InChI=1S/C25H40N4O5/c1-8-14-29(21(22(31)27-16(2)3)18-11-9-10-17(4)15-18)23(32)19(12-13-20(26)30)28-24(33)34-25(5,6)7/h9-11,15-16,19,21H,8,12-14H2,1-7H3,(H2,26,30)(H,27,31)(H,28,33). The van der Waals surface area contributed by atoms with Crippen LogP contribution in [0.25, 0.3) is 0 Å². The lowest BCUT2D eigenvalue weighted by atomic mass is 9.99. The highest BCUT2D eigenvalue weighted by atomic mass is 16.6. The zero-order chi connectivity index (χ0) is 26.1. The first-order valence-corrected chi connectivity index (χ1v) is 11.7. The van der Waals surface area contributed by atoms with Crippen LogP contribution in [0.3, 0.4) is 0 Å². The lowest BCUT2D eigenvalue weighted by Gasteiger charge is -2.34. The second kappa shape index (κ2) is 13.0. The van der Waals surface area contributed by atoms with Crippen LogP contribution in [0.5, 0.6) is 0 Å². The van der Waals surface area contributed by atoms with E-state index in [-0.39, 0.29) is 31.3 Å². The van der Waals surface area contributed by atoms with Gasteiger partial charge in [-0.2, -0.15) is 0 Å². The van der Waals surface area contributed by atoms with E-state index < -0.39 is 35.6 Å². The van der Waals surface area contributed by atoms with Crippen molar-refractivity contribution in [3.63, 3.8) is 0 Å². The smallest absolute Gasteiger partial charge is 0.408 e. The predicted molar refractivity (Wildman–Crippen MR) is 131 cm³/mol. The topological polar surface area (TPSA) is 131 Å². The van der Waals surface area contributed by atoms with E-state index in [9.17, 15) is 19.2 Å². The quantitative estimate of drug-likeness (QED) is 0.452. The Kier molecular flexibility index (Phi) is 11.0. The Balaban J connectivity index is 3.41. The van der Waals surface area contributed by atoms with Crippen molar-refractivity contribution in [1.29, 1.82) is 0 Å². The van der Waals surface area contributed by atoms with Crippen molar-refractivity contribution >= 4 is 23.8 Å². The van der Waals surface area contributed by atoms with Gasteiger partial charge in [0, 0.05) is 19.0 Å². The summed E-state index contributed by atoms with van der Waals surface area (Å²) < 4.78 is 5.31. The number of nitrogens with one attached hydrogen (secondary N) is 2. The maximum absolute atomic E-state index is 13.8. The van der Waals surface area contributed by atoms with Gasteiger partial charge in [0.15, 0.2) is 0 Å². The average Bonchev–Trinajstić information content (AvgIpc) is 2.68. The number of amides is 4. The molecule has 0 aliphatic rings. The fraction of sp³-hybridized carbons (Fsp3) is 0.600. The minimum absolute atomic E-state index is 0.0139. The number of nitrogens with zero attached hydrogens (tertiary/aromatic N) is 1. The number of hydrogen-bond donors (Lipinski definition) is 3. The summed E-state index contributed by atoms with van der Waals surface area (Å²) in [7, 11) is 0. The summed E-state index contributed by atoms with van der Waals surface area (Å²) >= 11 is 0. The van der Waals surface area contributed by atoms with Crippen LogP contribution in [0.4, 0.5) is 4.79 Å². The average molecular weight is 477 g/mol. The van der Waals surface area contributed by atoms with Crippen LogP contribution >= 0.6 is 0 Å². The fourth-order valence-corrected chi connectivity index (χ4v) is 3.48. The van der Waals surface area contributed by atoms with Gasteiger partial charge in [-0.25, -0.2) is 4.79 Å². The van der Waals surface area contributed by atoms with Crippen LogP contribution in [-0.2, 0) is 19.1 Å². The lowest BCUT2D eigenvalue weighted by molar-refractivity contribution is -0.143. The van der Waals surface area contributed by atoms with Crippen LogP contribution in [-0.4, -0.2) is 52.9 Å². The van der Waals surface area contributed by atoms with Gasteiger partial charge in [-0.3, -0.25) is 14.4 Å². The van der Waals surface area contributed by atoms with Gasteiger partial charge in [0.05, 0.1) is 0 Å². The van der Waals surface area contributed by atoms with Gasteiger partial charge in [-0.1, -0.05) is 36.8 Å². The summed E-state index contributed by atoms with van der Waals surface area (Å²) in [4.78, 5) is 52.4. The summed E-state index contributed by atoms with van der Waals surface area (Å²) in [5.41, 5.74) is 6.14. The molecule has 1 rings (SSSR count). The molecule has 0 aliphatic carbocycles. The van der Waals surface area contributed by atoms with Crippen molar-refractivity contribution in [2.75, 3.05) is 6.54 Å². The molecule has 0 aliphatic heterocycles. The summed E-state index contributed by atoms with van der Waals surface area (Å²) in [5.74, 6) is -1.41. The Morgan fingerprint density at radius 3 is 2.26 bits per heavy atom. The maximum atomic E-state index is 13.8. The normalized spacial score (nSPS) is 13.1. The Morgan fingerprint density at radius 1 is 1.12 bits per heavy atom. The van der Waals surface area contributed by atoms with Gasteiger partial charge in [-0.05, 0) is 59.9 Å². The number of benzene rings is 1. The van der Waals surface area contributed by atoms with Crippen molar-refractivity contribution in [2.24, 2.45) is 5.73 Å². The van der Waals surface area contributed by atoms with E-state index >= 15 is 0 Å². The molecule has 9 heteroatoms. The molecular weight excluding hydrogens is 436 g/mol. The largest absolute Gasteiger partial charge is 0.444 e. The monoisotopic (exact) mass is 476 g/mol. The van der Waals surface area contributed by atoms with Crippen LogP contribution in [0.15, 0.2) is 24.3 Å². The number of carbonyl (C=O) groups is 4. The number of aryl methyl sites for hydroxylation is 1. The molecule has 9 nitrogen and oxygen atoms in total. The zero-order valence-electron chi connectivity index (χ0n) is 21.4. The summed E-state index contributed by atoms with van der Waals surface area (Å²) in [5, 5.41) is 5.47. The predicted octanol–water partition coefficient (Wildman–Crippen LogP) is 2.96. The molecule has 2 atom stereocenters. The second-order valence-corrected chi connectivity index (χ2v) is 9.72. The van der Waals surface area contributed by atoms with Gasteiger partial charge in [0.1, 0.15) is 17.7 Å². The van der Waals surface area contributed by atoms with Crippen molar-refractivity contribution in [3.05, 3.63) is 35.4 Å². The van der Waals surface area contributed by atoms with Crippen molar-refractivity contribution < 1.29 is 23.9 Å². The molecular formula is C25H40N4O5. The maximum Gasteiger partial charge on any atom is 0.408 e. The second-order valence-electron chi connectivity index (χ2n) is 9.72. The van der Waals surface area contributed by atoms with Gasteiger partial charge < -0.3 is 26.0 Å². The molecule has 0 saturated carbocycles.